The molecule has 0 saturated heterocycles. The first kappa shape index (κ1) is 11.5. The van der Waals surface area contributed by atoms with Crippen LogP contribution in [0.1, 0.15) is 43.0 Å². The second kappa shape index (κ2) is 3.97. The number of hydrogen-bond acceptors (Lipinski definition) is 1. The predicted octanol–water partition coefficient (Wildman–Crippen LogP) is 3.43. The molecule has 0 saturated carbocycles. The van der Waals surface area contributed by atoms with Gasteiger partial charge in [0.05, 0.1) is 0 Å². The van der Waals surface area contributed by atoms with E-state index in [0.29, 0.717) is 12.0 Å². The average Bonchev–Trinajstić information content (AvgIpc) is 1.85. The van der Waals surface area contributed by atoms with Crippen molar-refractivity contribution in [2.24, 2.45) is 11.3 Å². The predicted molar refractivity (Wildman–Crippen MR) is 58.1 cm³/mol. The summed E-state index contributed by atoms with van der Waals surface area (Å²) in [7, 11) is 0. The van der Waals surface area contributed by atoms with E-state index < -0.39 is 0 Å². The Morgan fingerprint density at radius 1 is 1.25 bits per heavy atom. The summed E-state index contributed by atoms with van der Waals surface area (Å²) in [5, 5.41) is 3.37. The number of hydrogen-bond donors (Lipinski definition) is 1. The SMILES string of the molecule is C=C(NC(C)C)C(C)(C)C(C)C.[HH]. The third kappa shape index (κ3) is 2.88. The maximum atomic E-state index is 4.08. The lowest BCUT2D eigenvalue weighted by molar-refractivity contribution is 0.287. The number of rotatable bonds is 4. The van der Waals surface area contributed by atoms with Gasteiger partial charge in [-0.05, 0) is 19.8 Å². The Balaban J connectivity index is 0. The molecule has 74 valence electrons. The first-order valence-electron chi connectivity index (χ1n) is 4.74. The quantitative estimate of drug-likeness (QED) is 0.683. The van der Waals surface area contributed by atoms with Crippen LogP contribution in [0.25, 0.3) is 0 Å². The van der Waals surface area contributed by atoms with Crippen LogP contribution >= 0.6 is 0 Å². The molecule has 1 heteroatoms. The summed E-state index contributed by atoms with van der Waals surface area (Å²) in [6.07, 6.45) is 0. The van der Waals surface area contributed by atoms with Gasteiger partial charge in [-0.15, -0.1) is 0 Å². The third-order valence-corrected chi connectivity index (χ3v) is 2.68. The maximum Gasteiger partial charge on any atom is 0.0201 e. The Labute approximate surface area is 78.7 Å². The summed E-state index contributed by atoms with van der Waals surface area (Å²) in [4.78, 5) is 0. The summed E-state index contributed by atoms with van der Waals surface area (Å²) in [5.41, 5.74) is 1.33. The van der Waals surface area contributed by atoms with Gasteiger partial charge in [0.2, 0.25) is 0 Å². The van der Waals surface area contributed by atoms with Gasteiger partial charge < -0.3 is 5.32 Å². The molecular formula is C11H25N. The topological polar surface area (TPSA) is 12.0 Å². The zero-order valence-electron chi connectivity index (χ0n) is 9.36. The Kier molecular flexibility index (Phi) is 3.82. The van der Waals surface area contributed by atoms with Crippen molar-refractivity contribution in [3.63, 3.8) is 0 Å². The van der Waals surface area contributed by atoms with Crippen molar-refractivity contribution in [1.29, 1.82) is 0 Å². The molecule has 0 bridgehead atoms. The van der Waals surface area contributed by atoms with E-state index in [0.717, 1.165) is 5.70 Å². The first-order chi connectivity index (χ1) is 5.28. The Morgan fingerprint density at radius 2 is 1.67 bits per heavy atom. The van der Waals surface area contributed by atoms with Crippen molar-refractivity contribution in [2.75, 3.05) is 0 Å². The van der Waals surface area contributed by atoms with Crippen molar-refractivity contribution in [2.45, 2.75) is 47.6 Å². The Hall–Kier alpha value is -0.460. The van der Waals surface area contributed by atoms with E-state index in [9.17, 15) is 0 Å². The van der Waals surface area contributed by atoms with E-state index in [1.54, 1.807) is 0 Å². The second-order valence-corrected chi connectivity index (χ2v) is 4.65. The third-order valence-electron chi connectivity index (χ3n) is 2.68. The lowest BCUT2D eigenvalue weighted by atomic mass is 9.78. The fourth-order valence-corrected chi connectivity index (χ4v) is 0.883. The van der Waals surface area contributed by atoms with Gasteiger partial charge in [-0.2, -0.15) is 0 Å². The molecule has 0 aromatic carbocycles. The average molecular weight is 171 g/mol. The first-order valence-corrected chi connectivity index (χ1v) is 4.74. The van der Waals surface area contributed by atoms with E-state index in [1.807, 2.05) is 0 Å². The largest absolute Gasteiger partial charge is 0.386 e. The molecule has 1 N–H and O–H groups in total. The molecule has 0 amide bonds. The minimum absolute atomic E-state index is 0. The smallest absolute Gasteiger partial charge is 0.0201 e. The molecule has 0 fully saturated rings. The molecule has 0 aliphatic carbocycles. The van der Waals surface area contributed by atoms with Crippen LogP contribution in [-0.4, -0.2) is 6.04 Å². The van der Waals surface area contributed by atoms with Gasteiger partial charge in [0.1, 0.15) is 0 Å². The second-order valence-electron chi connectivity index (χ2n) is 4.65. The van der Waals surface area contributed by atoms with Crippen molar-refractivity contribution >= 4 is 0 Å². The van der Waals surface area contributed by atoms with Crippen molar-refractivity contribution in [1.82, 2.24) is 5.32 Å². The summed E-state index contributed by atoms with van der Waals surface area (Å²) >= 11 is 0. The van der Waals surface area contributed by atoms with Crippen LogP contribution in [0.5, 0.6) is 0 Å². The molecule has 0 aliphatic rings. The standard InChI is InChI=1S/C11H23N.H2/c1-8(2)11(6,7)10(5)12-9(3)4;/h8-9,12H,5H2,1-4,6-7H3;1H. The number of nitrogens with one attached hydrogen (secondary N) is 1. The molecule has 0 unspecified atom stereocenters. The van der Waals surface area contributed by atoms with Gasteiger partial charge in [0.15, 0.2) is 0 Å². The highest BCUT2D eigenvalue weighted by Crippen LogP contribution is 2.31. The molecule has 0 rings (SSSR count). The van der Waals surface area contributed by atoms with Gasteiger partial charge in [-0.1, -0.05) is 34.3 Å². The molecule has 0 atom stereocenters. The van der Waals surface area contributed by atoms with E-state index in [-0.39, 0.29) is 6.84 Å². The minimum atomic E-state index is 0. The highest BCUT2D eigenvalue weighted by atomic mass is 14.9. The molecule has 0 spiro atoms. The molecule has 1 nitrogen and oxygen atoms in total. The van der Waals surface area contributed by atoms with E-state index >= 15 is 0 Å². The van der Waals surface area contributed by atoms with Crippen LogP contribution in [-0.2, 0) is 0 Å². The van der Waals surface area contributed by atoms with Crippen LogP contribution in [0.2, 0.25) is 0 Å². The monoisotopic (exact) mass is 171 g/mol. The highest BCUT2D eigenvalue weighted by Gasteiger charge is 2.25. The van der Waals surface area contributed by atoms with Crippen LogP contribution < -0.4 is 5.32 Å². The molecule has 12 heavy (non-hydrogen) atoms. The van der Waals surface area contributed by atoms with Gasteiger partial charge in [0, 0.05) is 18.6 Å². The maximum absolute atomic E-state index is 4.08. The summed E-state index contributed by atoms with van der Waals surface area (Å²) in [6, 6.07) is 0.482. The molecule has 0 radical (unpaired) electrons. The lowest BCUT2D eigenvalue weighted by Crippen LogP contribution is -2.33. The number of allylic oxidation sites excluding steroid dienone is 1. The van der Waals surface area contributed by atoms with E-state index in [1.165, 1.54) is 0 Å². The van der Waals surface area contributed by atoms with Gasteiger partial charge in [-0.25, -0.2) is 0 Å². The van der Waals surface area contributed by atoms with Gasteiger partial charge >= 0.3 is 0 Å². The molecule has 0 aromatic heterocycles. The van der Waals surface area contributed by atoms with Crippen LogP contribution in [0.15, 0.2) is 12.3 Å². The Bertz CT molecular complexity index is 159. The summed E-state index contributed by atoms with van der Waals surface area (Å²) in [5.74, 6) is 0.622. The van der Waals surface area contributed by atoms with Crippen molar-refractivity contribution in [3.8, 4) is 0 Å². The van der Waals surface area contributed by atoms with Crippen LogP contribution in [0, 0.1) is 11.3 Å². The Morgan fingerprint density at radius 3 is 1.92 bits per heavy atom. The molecule has 0 heterocycles. The van der Waals surface area contributed by atoms with Gasteiger partial charge in [-0.3, -0.25) is 0 Å². The normalized spacial score (nSPS) is 12.3. The minimum Gasteiger partial charge on any atom is -0.386 e. The molecule has 0 aromatic rings. The highest BCUT2D eigenvalue weighted by molar-refractivity contribution is 5.06. The fraction of sp³-hybridized carbons (Fsp3) is 0.818. The van der Waals surface area contributed by atoms with Gasteiger partial charge in [0.25, 0.3) is 0 Å². The van der Waals surface area contributed by atoms with Crippen LogP contribution in [0.4, 0.5) is 0 Å². The summed E-state index contributed by atoms with van der Waals surface area (Å²) in [6.45, 7) is 17.3. The van der Waals surface area contributed by atoms with E-state index in [2.05, 4.69) is 53.4 Å². The summed E-state index contributed by atoms with van der Waals surface area (Å²) < 4.78 is 0. The van der Waals surface area contributed by atoms with Crippen LogP contribution in [0.3, 0.4) is 0 Å². The fourth-order valence-electron chi connectivity index (χ4n) is 0.883. The molecule has 0 aliphatic heterocycles. The van der Waals surface area contributed by atoms with E-state index in [4.69, 9.17) is 0 Å². The van der Waals surface area contributed by atoms with Crippen molar-refractivity contribution in [3.05, 3.63) is 12.3 Å². The zero-order valence-corrected chi connectivity index (χ0v) is 9.36. The lowest BCUT2D eigenvalue weighted by Gasteiger charge is -2.33. The van der Waals surface area contributed by atoms with Crippen molar-refractivity contribution < 1.29 is 1.43 Å². The molecular weight excluding hydrogens is 146 g/mol. The zero-order chi connectivity index (χ0) is 9.94.